The lowest BCUT2D eigenvalue weighted by molar-refractivity contribution is 0.415. The van der Waals surface area contributed by atoms with Gasteiger partial charge in [0.05, 0.1) is 17.8 Å². The molecule has 0 saturated carbocycles. The fourth-order valence-corrected chi connectivity index (χ4v) is 2.02. The molecular formula is C13H16ClN3O. The lowest BCUT2D eigenvalue weighted by atomic mass is 10.3. The van der Waals surface area contributed by atoms with Gasteiger partial charge >= 0.3 is 0 Å². The van der Waals surface area contributed by atoms with Gasteiger partial charge in [-0.3, -0.25) is 0 Å². The highest BCUT2D eigenvalue weighted by molar-refractivity contribution is 6.32. The molecule has 1 N–H and O–H groups in total. The summed E-state index contributed by atoms with van der Waals surface area (Å²) in [6.07, 6.45) is 2.01. The van der Waals surface area contributed by atoms with Gasteiger partial charge in [0.1, 0.15) is 5.75 Å². The Morgan fingerprint density at radius 1 is 1.44 bits per heavy atom. The fraction of sp³-hybridized carbons (Fsp3) is 0.308. The third-order valence-electron chi connectivity index (χ3n) is 2.65. The number of hydrogen-bond acceptors (Lipinski definition) is 3. The van der Waals surface area contributed by atoms with Crippen LogP contribution < -0.4 is 10.1 Å². The molecule has 0 radical (unpaired) electrons. The molecule has 0 aliphatic rings. The minimum Gasteiger partial charge on any atom is -0.495 e. The van der Waals surface area contributed by atoms with Crippen molar-refractivity contribution in [3.05, 3.63) is 35.1 Å². The molecule has 18 heavy (non-hydrogen) atoms. The third kappa shape index (κ3) is 2.59. The van der Waals surface area contributed by atoms with E-state index >= 15 is 0 Å². The van der Waals surface area contributed by atoms with Crippen molar-refractivity contribution in [2.75, 3.05) is 12.4 Å². The van der Waals surface area contributed by atoms with Gasteiger partial charge < -0.3 is 14.6 Å². The molecule has 0 amide bonds. The Hall–Kier alpha value is -1.68. The predicted molar refractivity (Wildman–Crippen MR) is 73.9 cm³/mol. The number of anilines is 2. The summed E-state index contributed by atoms with van der Waals surface area (Å²) < 4.78 is 7.17. The summed E-state index contributed by atoms with van der Waals surface area (Å²) in [5, 5.41) is 3.83. The van der Waals surface area contributed by atoms with Crippen molar-refractivity contribution in [3.63, 3.8) is 0 Å². The van der Waals surface area contributed by atoms with Crippen LogP contribution in [0, 0.1) is 6.92 Å². The van der Waals surface area contributed by atoms with Crippen molar-refractivity contribution in [2.45, 2.75) is 20.4 Å². The summed E-state index contributed by atoms with van der Waals surface area (Å²) in [5.41, 5.74) is 1.88. The summed E-state index contributed by atoms with van der Waals surface area (Å²) in [5.74, 6) is 1.48. The van der Waals surface area contributed by atoms with Gasteiger partial charge in [0.25, 0.3) is 0 Å². The first-order valence-corrected chi connectivity index (χ1v) is 6.16. The van der Waals surface area contributed by atoms with Crippen molar-refractivity contribution in [2.24, 2.45) is 0 Å². The summed E-state index contributed by atoms with van der Waals surface area (Å²) in [7, 11) is 1.60. The van der Waals surface area contributed by atoms with Crippen molar-refractivity contribution in [1.29, 1.82) is 0 Å². The van der Waals surface area contributed by atoms with Gasteiger partial charge in [-0.2, -0.15) is 0 Å². The summed E-state index contributed by atoms with van der Waals surface area (Å²) in [6, 6.07) is 5.57. The van der Waals surface area contributed by atoms with Gasteiger partial charge in [0.15, 0.2) is 0 Å². The Balaban J connectivity index is 2.25. The van der Waals surface area contributed by atoms with E-state index in [1.54, 1.807) is 7.11 Å². The number of nitrogens with one attached hydrogen (secondary N) is 1. The van der Waals surface area contributed by atoms with Crippen LogP contribution in [0.25, 0.3) is 0 Å². The number of aromatic nitrogens is 2. The van der Waals surface area contributed by atoms with Crippen LogP contribution in [0.15, 0.2) is 24.4 Å². The van der Waals surface area contributed by atoms with E-state index in [0.717, 1.165) is 23.9 Å². The SMILES string of the molecule is CCn1cc(C)nc1Nc1ccc(OC)c(Cl)c1. The number of aryl methyl sites for hydroxylation is 2. The summed E-state index contributed by atoms with van der Waals surface area (Å²) >= 11 is 6.08. The Bertz CT molecular complexity index is 551. The van der Waals surface area contributed by atoms with Gasteiger partial charge in [-0.15, -0.1) is 0 Å². The normalized spacial score (nSPS) is 10.4. The Morgan fingerprint density at radius 2 is 2.22 bits per heavy atom. The van der Waals surface area contributed by atoms with Crippen LogP contribution in [0.4, 0.5) is 11.6 Å². The second-order valence-electron chi connectivity index (χ2n) is 3.97. The molecule has 0 aliphatic carbocycles. The maximum atomic E-state index is 6.08. The largest absolute Gasteiger partial charge is 0.495 e. The van der Waals surface area contributed by atoms with Crippen LogP contribution in [0.2, 0.25) is 5.02 Å². The lowest BCUT2D eigenvalue weighted by Crippen LogP contribution is -2.01. The Kier molecular flexibility index (Phi) is 3.77. The Morgan fingerprint density at radius 3 is 2.83 bits per heavy atom. The van der Waals surface area contributed by atoms with E-state index in [-0.39, 0.29) is 0 Å². The van der Waals surface area contributed by atoms with Gasteiger partial charge in [0, 0.05) is 18.4 Å². The molecule has 4 nitrogen and oxygen atoms in total. The van der Waals surface area contributed by atoms with Crippen LogP contribution in [0.1, 0.15) is 12.6 Å². The maximum Gasteiger partial charge on any atom is 0.207 e. The molecule has 1 aromatic carbocycles. The highest BCUT2D eigenvalue weighted by atomic mass is 35.5. The van der Waals surface area contributed by atoms with Crippen molar-refractivity contribution in [3.8, 4) is 5.75 Å². The zero-order valence-corrected chi connectivity index (χ0v) is 11.5. The number of benzene rings is 1. The van der Waals surface area contributed by atoms with E-state index in [9.17, 15) is 0 Å². The molecule has 1 aromatic heterocycles. The number of hydrogen-bond donors (Lipinski definition) is 1. The average Bonchev–Trinajstić information content (AvgIpc) is 2.70. The molecule has 5 heteroatoms. The first kappa shape index (κ1) is 12.8. The predicted octanol–water partition coefficient (Wildman–Crippen LogP) is 3.62. The second kappa shape index (κ2) is 5.31. The molecule has 0 fully saturated rings. The molecule has 2 rings (SSSR count). The summed E-state index contributed by atoms with van der Waals surface area (Å²) in [6.45, 7) is 4.92. The monoisotopic (exact) mass is 265 g/mol. The molecule has 2 aromatic rings. The minimum absolute atomic E-state index is 0.578. The third-order valence-corrected chi connectivity index (χ3v) is 2.94. The first-order chi connectivity index (χ1) is 8.63. The van der Waals surface area contributed by atoms with Gasteiger partial charge in [0.2, 0.25) is 5.95 Å². The van der Waals surface area contributed by atoms with Crippen molar-refractivity contribution < 1.29 is 4.74 Å². The summed E-state index contributed by atoms with van der Waals surface area (Å²) in [4.78, 5) is 4.43. The standard InChI is InChI=1S/C13H16ClN3O/c1-4-17-8-9(2)15-13(17)16-10-5-6-12(18-3)11(14)7-10/h5-8H,4H2,1-3H3,(H,15,16). The first-order valence-electron chi connectivity index (χ1n) is 5.78. The van der Waals surface area contributed by atoms with E-state index in [4.69, 9.17) is 16.3 Å². The van der Waals surface area contributed by atoms with Crippen LogP contribution in [-0.2, 0) is 6.54 Å². The van der Waals surface area contributed by atoms with Gasteiger partial charge in [-0.05, 0) is 32.0 Å². The molecule has 0 bridgehead atoms. The minimum atomic E-state index is 0.578. The second-order valence-corrected chi connectivity index (χ2v) is 4.37. The van der Waals surface area contributed by atoms with Crippen LogP contribution >= 0.6 is 11.6 Å². The van der Waals surface area contributed by atoms with E-state index in [0.29, 0.717) is 10.8 Å². The molecular weight excluding hydrogens is 250 g/mol. The lowest BCUT2D eigenvalue weighted by Gasteiger charge is -2.09. The number of halogens is 1. The highest BCUT2D eigenvalue weighted by Gasteiger charge is 2.06. The molecule has 0 saturated heterocycles. The number of rotatable bonds is 4. The zero-order valence-electron chi connectivity index (χ0n) is 10.7. The van der Waals surface area contributed by atoms with E-state index in [1.165, 1.54) is 0 Å². The van der Waals surface area contributed by atoms with Gasteiger partial charge in [-0.25, -0.2) is 4.98 Å². The molecule has 0 unspecified atom stereocenters. The van der Waals surface area contributed by atoms with Crippen LogP contribution in [-0.4, -0.2) is 16.7 Å². The van der Waals surface area contributed by atoms with E-state index in [1.807, 2.05) is 35.9 Å². The zero-order chi connectivity index (χ0) is 13.1. The molecule has 0 atom stereocenters. The fourth-order valence-electron chi connectivity index (χ4n) is 1.76. The molecule has 0 spiro atoms. The molecule has 1 heterocycles. The van der Waals surface area contributed by atoms with Crippen LogP contribution in [0.5, 0.6) is 5.75 Å². The molecule has 0 aliphatic heterocycles. The number of imidazole rings is 1. The smallest absolute Gasteiger partial charge is 0.207 e. The highest BCUT2D eigenvalue weighted by Crippen LogP contribution is 2.28. The van der Waals surface area contributed by atoms with Gasteiger partial charge in [-0.1, -0.05) is 11.6 Å². The topological polar surface area (TPSA) is 39.1 Å². The maximum absolute atomic E-state index is 6.08. The number of ether oxygens (including phenoxy) is 1. The molecule has 96 valence electrons. The van der Waals surface area contributed by atoms with Crippen molar-refractivity contribution >= 4 is 23.2 Å². The average molecular weight is 266 g/mol. The Labute approximate surface area is 112 Å². The van der Waals surface area contributed by atoms with Crippen molar-refractivity contribution in [1.82, 2.24) is 9.55 Å². The number of nitrogens with zero attached hydrogens (tertiary/aromatic N) is 2. The number of methoxy groups -OCH3 is 1. The quantitative estimate of drug-likeness (QED) is 0.918. The van der Waals surface area contributed by atoms with E-state index < -0.39 is 0 Å². The van der Waals surface area contributed by atoms with Crippen LogP contribution in [0.3, 0.4) is 0 Å². The van der Waals surface area contributed by atoms with E-state index in [2.05, 4.69) is 17.2 Å².